The average Bonchev–Trinajstić information content (AvgIpc) is 3.11. The Labute approximate surface area is 287 Å². The quantitative estimate of drug-likeness (QED) is 0.100. The van der Waals surface area contributed by atoms with Crippen LogP contribution in [0.4, 0.5) is 26.6 Å². The van der Waals surface area contributed by atoms with Gasteiger partial charge >= 0.3 is 6.09 Å². The number of likely N-dealkylation sites (tertiary alicyclic amines) is 1. The van der Waals surface area contributed by atoms with Gasteiger partial charge in [-0.15, -0.1) is 6.58 Å². The number of carbonyl (C=O) groups excluding carboxylic acids is 1. The molecule has 1 fully saturated rings. The summed E-state index contributed by atoms with van der Waals surface area (Å²) in [5.74, 6) is 1.70. The van der Waals surface area contributed by atoms with Crippen LogP contribution >= 0.6 is 0 Å². The van der Waals surface area contributed by atoms with Crippen molar-refractivity contribution in [3.63, 3.8) is 0 Å². The van der Waals surface area contributed by atoms with Gasteiger partial charge in [0.25, 0.3) is 0 Å². The van der Waals surface area contributed by atoms with E-state index in [4.69, 9.17) is 18.9 Å². The number of aryl methyl sites for hydroxylation is 1. The Hall–Kier alpha value is -5.16. The summed E-state index contributed by atoms with van der Waals surface area (Å²) in [5.41, 5.74) is 2.71. The minimum Gasteiger partial charge on any atom is -0.497 e. The SMILES string of the molecule is C=CCc1cccc(C)c1OC(=O)N(Cc1cc(OC)ccc1OC)c1ccnc(Nc2ccc(OCCCN3CCCCC3)c(F)c2)n1. The van der Waals surface area contributed by atoms with E-state index in [9.17, 15) is 4.79 Å². The summed E-state index contributed by atoms with van der Waals surface area (Å²) in [7, 11) is 3.12. The number of nitrogens with zero attached hydrogens (tertiary/aromatic N) is 4. The zero-order valence-electron chi connectivity index (χ0n) is 28.4. The Morgan fingerprint density at radius 3 is 2.59 bits per heavy atom. The van der Waals surface area contributed by atoms with E-state index < -0.39 is 11.9 Å². The van der Waals surface area contributed by atoms with Crippen molar-refractivity contribution in [2.45, 2.75) is 45.6 Å². The fourth-order valence-corrected chi connectivity index (χ4v) is 5.77. The Bertz CT molecular complexity index is 1730. The van der Waals surface area contributed by atoms with Gasteiger partial charge in [0.2, 0.25) is 5.95 Å². The van der Waals surface area contributed by atoms with Gasteiger partial charge in [-0.05, 0) is 93.2 Å². The number of hydrogen-bond acceptors (Lipinski definition) is 9. The number of halogens is 1. The molecule has 0 aliphatic carbocycles. The molecule has 11 heteroatoms. The number of rotatable bonds is 15. The molecule has 1 saturated heterocycles. The zero-order chi connectivity index (χ0) is 34.6. The van der Waals surface area contributed by atoms with Crippen molar-refractivity contribution in [2.24, 2.45) is 0 Å². The minimum absolute atomic E-state index is 0.0384. The van der Waals surface area contributed by atoms with Crippen LogP contribution in [0.25, 0.3) is 0 Å². The lowest BCUT2D eigenvalue weighted by molar-refractivity contribution is 0.203. The average molecular weight is 670 g/mol. The van der Waals surface area contributed by atoms with Crippen molar-refractivity contribution in [1.82, 2.24) is 14.9 Å². The number of piperidine rings is 1. The monoisotopic (exact) mass is 669 g/mol. The van der Waals surface area contributed by atoms with Gasteiger partial charge in [-0.3, -0.25) is 4.90 Å². The van der Waals surface area contributed by atoms with Crippen LogP contribution in [-0.4, -0.2) is 61.4 Å². The van der Waals surface area contributed by atoms with Gasteiger partial charge in [-0.2, -0.15) is 4.98 Å². The van der Waals surface area contributed by atoms with E-state index in [1.54, 1.807) is 56.7 Å². The van der Waals surface area contributed by atoms with Crippen molar-refractivity contribution >= 4 is 23.5 Å². The van der Waals surface area contributed by atoms with Crippen LogP contribution in [0, 0.1) is 12.7 Å². The summed E-state index contributed by atoms with van der Waals surface area (Å²) >= 11 is 0. The summed E-state index contributed by atoms with van der Waals surface area (Å²) in [6, 6.07) is 17.2. The molecule has 49 heavy (non-hydrogen) atoms. The first-order valence-electron chi connectivity index (χ1n) is 16.5. The Morgan fingerprint density at radius 2 is 1.84 bits per heavy atom. The molecule has 1 aromatic heterocycles. The number of nitrogens with one attached hydrogen (secondary N) is 1. The predicted octanol–water partition coefficient (Wildman–Crippen LogP) is 7.87. The first-order valence-corrected chi connectivity index (χ1v) is 16.5. The lowest BCUT2D eigenvalue weighted by Gasteiger charge is -2.26. The summed E-state index contributed by atoms with van der Waals surface area (Å²) in [6.07, 6.45) is 7.73. The lowest BCUT2D eigenvalue weighted by atomic mass is 10.1. The molecule has 4 aromatic rings. The number of amides is 1. The molecule has 1 N–H and O–H groups in total. The van der Waals surface area contributed by atoms with Crippen molar-refractivity contribution in [3.8, 4) is 23.0 Å². The molecule has 2 heterocycles. The number of ether oxygens (including phenoxy) is 4. The number of hydrogen-bond donors (Lipinski definition) is 1. The lowest BCUT2D eigenvalue weighted by Crippen LogP contribution is -2.34. The zero-order valence-corrected chi connectivity index (χ0v) is 28.4. The number of methoxy groups -OCH3 is 2. The molecule has 0 atom stereocenters. The van der Waals surface area contributed by atoms with E-state index in [0.29, 0.717) is 41.5 Å². The molecule has 1 amide bonds. The second kappa shape index (κ2) is 17.3. The number of benzene rings is 3. The van der Waals surface area contributed by atoms with Crippen molar-refractivity contribution in [2.75, 3.05) is 50.7 Å². The number of allylic oxidation sites excluding steroid dienone is 1. The van der Waals surface area contributed by atoms with E-state index in [1.165, 1.54) is 36.4 Å². The second-order valence-electron chi connectivity index (χ2n) is 11.8. The first kappa shape index (κ1) is 35.2. The highest BCUT2D eigenvalue weighted by molar-refractivity contribution is 5.88. The Morgan fingerprint density at radius 1 is 1.02 bits per heavy atom. The number of carbonyl (C=O) groups is 1. The molecule has 1 aliphatic heterocycles. The summed E-state index contributed by atoms with van der Waals surface area (Å²) in [6.45, 7) is 9.38. The van der Waals surface area contributed by atoms with Crippen LogP contribution in [0.5, 0.6) is 23.0 Å². The maximum absolute atomic E-state index is 15.0. The molecular formula is C38H44FN5O5. The van der Waals surface area contributed by atoms with Crippen LogP contribution in [-0.2, 0) is 13.0 Å². The molecule has 5 rings (SSSR count). The smallest absolute Gasteiger partial charge is 0.421 e. The molecule has 3 aromatic carbocycles. The molecule has 0 radical (unpaired) electrons. The third-order valence-electron chi connectivity index (χ3n) is 8.31. The molecule has 0 saturated carbocycles. The van der Waals surface area contributed by atoms with Crippen LogP contribution in [0.2, 0.25) is 0 Å². The van der Waals surface area contributed by atoms with Gasteiger partial charge in [0, 0.05) is 30.1 Å². The van der Waals surface area contributed by atoms with Crippen molar-refractivity contribution in [3.05, 3.63) is 102 Å². The number of aromatic nitrogens is 2. The van der Waals surface area contributed by atoms with Crippen LogP contribution < -0.4 is 29.2 Å². The van der Waals surface area contributed by atoms with Crippen LogP contribution in [0.1, 0.15) is 42.4 Å². The van der Waals surface area contributed by atoms with E-state index in [0.717, 1.165) is 37.2 Å². The molecule has 0 unspecified atom stereocenters. The van der Waals surface area contributed by atoms with E-state index in [-0.39, 0.29) is 24.1 Å². The Balaban J connectivity index is 1.35. The minimum atomic E-state index is -0.665. The maximum atomic E-state index is 15.0. The molecule has 10 nitrogen and oxygen atoms in total. The molecule has 1 aliphatic rings. The fourth-order valence-electron chi connectivity index (χ4n) is 5.77. The van der Waals surface area contributed by atoms with Gasteiger partial charge in [0.1, 0.15) is 23.1 Å². The van der Waals surface area contributed by atoms with Crippen molar-refractivity contribution < 1.29 is 28.1 Å². The first-order chi connectivity index (χ1) is 23.9. The van der Waals surface area contributed by atoms with Gasteiger partial charge in [-0.25, -0.2) is 14.2 Å². The molecule has 258 valence electrons. The highest BCUT2D eigenvalue weighted by Crippen LogP contribution is 2.30. The van der Waals surface area contributed by atoms with E-state index in [2.05, 4.69) is 26.8 Å². The highest BCUT2D eigenvalue weighted by atomic mass is 19.1. The summed E-state index contributed by atoms with van der Waals surface area (Å²) < 4.78 is 37.8. The predicted molar refractivity (Wildman–Crippen MR) is 189 cm³/mol. The van der Waals surface area contributed by atoms with Crippen molar-refractivity contribution in [1.29, 1.82) is 0 Å². The second-order valence-corrected chi connectivity index (χ2v) is 11.8. The molecular weight excluding hydrogens is 625 g/mol. The van der Waals surface area contributed by atoms with E-state index >= 15 is 4.39 Å². The van der Waals surface area contributed by atoms with Crippen LogP contribution in [0.3, 0.4) is 0 Å². The highest BCUT2D eigenvalue weighted by Gasteiger charge is 2.24. The maximum Gasteiger partial charge on any atom is 0.421 e. The third-order valence-corrected chi connectivity index (χ3v) is 8.31. The molecule has 0 bridgehead atoms. The largest absolute Gasteiger partial charge is 0.497 e. The number of anilines is 3. The normalized spacial score (nSPS) is 13.0. The van der Waals surface area contributed by atoms with Gasteiger partial charge < -0.3 is 29.2 Å². The molecule has 0 spiro atoms. The summed E-state index contributed by atoms with van der Waals surface area (Å²) in [4.78, 5) is 26.7. The van der Waals surface area contributed by atoms with Gasteiger partial charge in [0.15, 0.2) is 11.6 Å². The summed E-state index contributed by atoms with van der Waals surface area (Å²) in [5, 5.41) is 3.05. The number of para-hydroxylation sites is 1. The van der Waals surface area contributed by atoms with E-state index in [1.807, 2.05) is 25.1 Å². The Kier molecular flexibility index (Phi) is 12.4. The fraction of sp³-hybridized carbons (Fsp3) is 0.342. The topological polar surface area (TPSA) is 98.3 Å². The van der Waals surface area contributed by atoms with Gasteiger partial charge in [0.05, 0.1) is 27.4 Å². The standard InChI is InChI=1S/C38H44FN5O5/c1-5-11-28-13-9-12-27(2)36(28)49-38(45)44(26-29-24-31(46-3)15-17-33(29)47-4)35-18-19-40-37(42-35)41-30-14-16-34(32(39)25-30)48-23-10-22-43-20-7-6-8-21-43/h5,9,12-19,24-25H,1,6-8,10-11,20-23,26H2,2-4H3,(H,40,41,42). The third kappa shape index (κ3) is 9.48. The van der Waals surface area contributed by atoms with Gasteiger partial charge in [-0.1, -0.05) is 30.7 Å². The van der Waals surface area contributed by atoms with Crippen LogP contribution in [0.15, 0.2) is 79.5 Å².